The van der Waals surface area contributed by atoms with Crippen LogP contribution in [0.5, 0.6) is 0 Å². The summed E-state index contributed by atoms with van der Waals surface area (Å²) in [6, 6.07) is 11.0. The molecular formula is C14H12ClFIN. The van der Waals surface area contributed by atoms with Crippen molar-refractivity contribution in [2.24, 2.45) is 0 Å². The van der Waals surface area contributed by atoms with Gasteiger partial charge in [0.05, 0.1) is 5.02 Å². The second kappa shape index (κ2) is 5.89. The van der Waals surface area contributed by atoms with Crippen molar-refractivity contribution in [3.05, 3.63) is 61.9 Å². The van der Waals surface area contributed by atoms with E-state index in [1.165, 1.54) is 15.2 Å². The van der Waals surface area contributed by atoms with Crippen LogP contribution in [0, 0.1) is 16.3 Å². The Hall–Kier alpha value is -0.810. The maximum atomic E-state index is 13.0. The number of anilines is 1. The number of hydrogen-bond donors (Lipinski definition) is 1. The lowest BCUT2D eigenvalue weighted by Crippen LogP contribution is -2.01. The van der Waals surface area contributed by atoms with E-state index < -0.39 is 0 Å². The quantitative estimate of drug-likeness (QED) is 0.744. The van der Waals surface area contributed by atoms with Crippen molar-refractivity contribution in [3.63, 3.8) is 0 Å². The van der Waals surface area contributed by atoms with Crippen molar-refractivity contribution >= 4 is 39.9 Å². The molecule has 0 amide bonds. The van der Waals surface area contributed by atoms with Crippen LogP contribution in [0.3, 0.4) is 0 Å². The Kier molecular flexibility index (Phi) is 4.45. The molecule has 0 atom stereocenters. The Labute approximate surface area is 124 Å². The Bertz CT molecular complexity index is 572. The van der Waals surface area contributed by atoms with Crippen molar-refractivity contribution in [2.75, 3.05) is 5.32 Å². The summed E-state index contributed by atoms with van der Waals surface area (Å²) in [6.07, 6.45) is 0. The Balaban J connectivity index is 2.09. The summed E-state index contributed by atoms with van der Waals surface area (Å²) in [5, 5.41) is 3.48. The molecule has 1 nitrogen and oxygen atoms in total. The first-order chi connectivity index (χ1) is 8.56. The molecule has 0 aromatic heterocycles. The maximum Gasteiger partial charge on any atom is 0.141 e. The topological polar surface area (TPSA) is 12.0 Å². The molecule has 0 spiro atoms. The van der Waals surface area contributed by atoms with E-state index in [0.29, 0.717) is 6.54 Å². The van der Waals surface area contributed by atoms with E-state index in [1.54, 1.807) is 12.1 Å². The van der Waals surface area contributed by atoms with Crippen LogP contribution in [0.25, 0.3) is 0 Å². The van der Waals surface area contributed by atoms with Gasteiger partial charge in [0, 0.05) is 15.8 Å². The summed E-state index contributed by atoms with van der Waals surface area (Å²) in [4.78, 5) is 0. The SMILES string of the molecule is Cc1cc(I)ccc1NCc1ccc(F)c(Cl)c1. The molecule has 0 unspecified atom stereocenters. The molecule has 2 aromatic rings. The van der Waals surface area contributed by atoms with E-state index in [4.69, 9.17) is 11.6 Å². The van der Waals surface area contributed by atoms with Crippen LogP contribution >= 0.6 is 34.2 Å². The fourth-order valence-electron chi connectivity index (χ4n) is 1.67. The van der Waals surface area contributed by atoms with Crippen molar-refractivity contribution < 1.29 is 4.39 Å². The van der Waals surface area contributed by atoms with Gasteiger partial charge in [-0.25, -0.2) is 4.39 Å². The van der Waals surface area contributed by atoms with Gasteiger partial charge in [-0.3, -0.25) is 0 Å². The number of aryl methyl sites for hydroxylation is 1. The lowest BCUT2D eigenvalue weighted by molar-refractivity contribution is 0.627. The van der Waals surface area contributed by atoms with E-state index in [1.807, 2.05) is 12.1 Å². The molecule has 94 valence electrons. The summed E-state index contributed by atoms with van der Waals surface area (Å²) < 4.78 is 14.2. The van der Waals surface area contributed by atoms with Gasteiger partial charge < -0.3 is 5.32 Å². The van der Waals surface area contributed by atoms with Gasteiger partial charge in [0.2, 0.25) is 0 Å². The molecule has 1 N–H and O–H groups in total. The second-order valence-electron chi connectivity index (χ2n) is 4.06. The van der Waals surface area contributed by atoms with Crippen molar-refractivity contribution in [3.8, 4) is 0 Å². The third-order valence-electron chi connectivity index (χ3n) is 2.66. The Morgan fingerprint density at radius 2 is 2.00 bits per heavy atom. The summed E-state index contributed by atoms with van der Waals surface area (Å²) in [6.45, 7) is 2.68. The average molecular weight is 376 g/mol. The molecule has 0 aliphatic heterocycles. The lowest BCUT2D eigenvalue weighted by Gasteiger charge is -2.10. The number of halogens is 3. The number of hydrogen-bond acceptors (Lipinski definition) is 1. The van der Waals surface area contributed by atoms with E-state index >= 15 is 0 Å². The third kappa shape index (κ3) is 3.36. The summed E-state index contributed by atoms with van der Waals surface area (Å²) in [5.41, 5.74) is 3.23. The van der Waals surface area contributed by atoms with Gasteiger partial charge in [0.1, 0.15) is 5.82 Å². The zero-order valence-electron chi connectivity index (χ0n) is 9.81. The predicted molar refractivity (Wildman–Crippen MR) is 82.6 cm³/mol. The van der Waals surface area contributed by atoms with Gasteiger partial charge in [-0.1, -0.05) is 17.7 Å². The highest BCUT2D eigenvalue weighted by molar-refractivity contribution is 14.1. The minimum atomic E-state index is -0.383. The molecule has 0 fully saturated rings. The van der Waals surface area contributed by atoms with Gasteiger partial charge in [-0.2, -0.15) is 0 Å². The molecule has 0 heterocycles. The second-order valence-corrected chi connectivity index (χ2v) is 5.71. The van der Waals surface area contributed by atoms with Gasteiger partial charge >= 0.3 is 0 Å². The summed E-state index contributed by atoms with van der Waals surface area (Å²) in [5.74, 6) is -0.383. The number of benzene rings is 2. The van der Waals surface area contributed by atoms with Crippen LogP contribution in [0.15, 0.2) is 36.4 Å². The van der Waals surface area contributed by atoms with Crippen molar-refractivity contribution in [2.45, 2.75) is 13.5 Å². The molecule has 4 heteroatoms. The first-order valence-corrected chi connectivity index (χ1v) is 6.96. The highest BCUT2D eigenvalue weighted by Crippen LogP contribution is 2.20. The molecular weight excluding hydrogens is 364 g/mol. The highest BCUT2D eigenvalue weighted by atomic mass is 127. The van der Waals surface area contributed by atoms with Crippen LogP contribution < -0.4 is 5.32 Å². The minimum Gasteiger partial charge on any atom is -0.381 e. The number of rotatable bonds is 3. The van der Waals surface area contributed by atoms with E-state index in [2.05, 4.69) is 40.9 Å². The predicted octanol–water partition coefficient (Wildman–Crippen LogP) is 5.00. The van der Waals surface area contributed by atoms with Crippen molar-refractivity contribution in [1.29, 1.82) is 0 Å². The lowest BCUT2D eigenvalue weighted by atomic mass is 10.2. The monoisotopic (exact) mass is 375 g/mol. The van der Waals surface area contributed by atoms with Gasteiger partial charge in [-0.05, 0) is 71.0 Å². The highest BCUT2D eigenvalue weighted by Gasteiger charge is 2.02. The largest absolute Gasteiger partial charge is 0.381 e. The summed E-state index contributed by atoms with van der Waals surface area (Å²) in [7, 11) is 0. The normalized spacial score (nSPS) is 10.4. The first-order valence-electron chi connectivity index (χ1n) is 5.50. The Morgan fingerprint density at radius 3 is 2.67 bits per heavy atom. The maximum absolute atomic E-state index is 13.0. The van der Waals surface area contributed by atoms with E-state index in [0.717, 1.165) is 11.3 Å². The van der Waals surface area contributed by atoms with Crippen LogP contribution in [-0.4, -0.2) is 0 Å². The molecule has 0 radical (unpaired) electrons. The standard InChI is InChI=1S/C14H12ClFIN/c1-9-6-11(17)3-5-14(9)18-8-10-2-4-13(16)12(15)7-10/h2-7,18H,8H2,1H3. The molecule has 2 aromatic carbocycles. The fraction of sp³-hybridized carbons (Fsp3) is 0.143. The number of nitrogens with one attached hydrogen (secondary N) is 1. The third-order valence-corrected chi connectivity index (χ3v) is 3.62. The smallest absolute Gasteiger partial charge is 0.141 e. The van der Waals surface area contributed by atoms with E-state index in [-0.39, 0.29) is 10.8 Å². The minimum absolute atomic E-state index is 0.161. The van der Waals surface area contributed by atoms with Crippen LogP contribution in [0.1, 0.15) is 11.1 Å². The summed E-state index contributed by atoms with van der Waals surface area (Å²) >= 11 is 8.03. The van der Waals surface area contributed by atoms with Crippen molar-refractivity contribution in [1.82, 2.24) is 0 Å². The van der Waals surface area contributed by atoms with Crippen LogP contribution in [0.4, 0.5) is 10.1 Å². The molecule has 0 bridgehead atoms. The molecule has 0 aliphatic carbocycles. The molecule has 2 rings (SSSR count). The van der Waals surface area contributed by atoms with Gasteiger partial charge in [0.25, 0.3) is 0 Å². The van der Waals surface area contributed by atoms with E-state index in [9.17, 15) is 4.39 Å². The average Bonchev–Trinajstić information content (AvgIpc) is 2.32. The molecule has 0 saturated carbocycles. The zero-order valence-corrected chi connectivity index (χ0v) is 12.7. The first kappa shape index (κ1) is 13.6. The van der Waals surface area contributed by atoms with Crippen LogP contribution in [0.2, 0.25) is 5.02 Å². The fourth-order valence-corrected chi connectivity index (χ4v) is 2.52. The molecule has 0 aliphatic rings. The zero-order chi connectivity index (χ0) is 13.1. The van der Waals surface area contributed by atoms with Gasteiger partial charge in [-0.15, -0.1) is 0 Å². The molecule has 18 heavy (non-hydrogen) atoms. The van der Waals surface area contributed by atoms with Gasteiger partial charge in [0.15, 0.2) is 0 Å². The van der Waals surface area contributed by atoms with Crippen LogP contribution in [-0.2, 0) is 6.54 Å². The Morgan fingerprint density at radius 1 is 1.22 bits per heavy atom. The molecule has 0 saturated heterocycles.